The molecule has 2 rings (SSSR count). The zero-order chi connectivity index (χ0) is 18.0. The molecule has 2 N–H and O–H groups in total. The van der Waals surface area contributed by atoms with Crippen molar-refractivity contribution in [2.24, 2.45) is 0 Å². The number of hydrogen-bond donors (Lipinski definition) is 2. The minimum Gasteiger partial charge on any atom is -0.354 e. The Kier molecular flexibility index (Phi) is 4.82. The highest BCUT2D eigenvalue weighted by Crippen LogP contribution is 2.31. The van der Waals surface area contributed by atoms with Gasteiger partial charge in [0.05, 0.1) is 17.4 Å². The average Bonchev–Trinajstić information content (AvgIpc) is 2.45. The molecule has 0 aliphatic heterocycles. The number of anilines is 2. The maximum absolute atomic E-state index is 12.7. The molecule has 0 saturated carbocycles. The molecule has 0 unspecified atom stereocenters. The molecule has 24 heavy (non-hydrogen) atoms. The van der Waals surface area contributed by atoms with Crippen LogP contribution >= 0.6 is 0 Å². The molecule has 4 nitrogen and oxygen atoms in total. The molecule has 0 saturated heterocycles. The highest BCUT2D eigenvalue weighted by molar-refractivity contribution is 5.92. The number of aromatic nitrogens is 1. The average molecular weight is 337 g/mol. The van der Waals surface area contributed by atoms with Crippen LogP contribution in [0, 0.1) is 0 Å². The first kappa shape index (κ1) is 17.8. The minimum atomic E-state index is -4.40. The van der Waals surface area contributed by atoms with Crippen molar-refractivity contribution in [1.29, 1.82) is 0 Å². The van der Waals surface area contributed by atoms with Gasteiger partial charge in [0.25, 0.3) is 5.91 Å². The highest BCUT2D eigenvalue weighted by atomic mass is 19.4. The smallest absolute Gasteiger partial charge is 0.354 e. The number of benzene rings is 1. The lowest BCUT2D eigenvalue weighted by molar-refractivity contribution is -0.137. The standard InChI is InChI=1S/C17H18F3N3O/c1-16(2,3)23-15(24)14-8-7-13(10-21-14)22-12-6-4-5-11(9-12)17(18,19)20/h4-10,22H,1-3H3,(H,23,24). The summed E-state index contributed by atoms with van der Waals surface area (Å²) in [5, 5.41) is 5.62. The second kappa shape index (κ2) is 6.51. The molecular weight excluding hydrogens is 319 g/mol. The summed E-state index contributed by atoms with van der Waals surface area (Å²) in [6.07, 6.45) is -3.00. The molecule has 2 aromatic rings. The summed E-state index contributed by atoms with van der Waals surface area (Å²) in [5.74, 6) is -0.312. The van der Waals surface area contributed by atoms with Gasteiger partial charge in [-0.15, -0.1) is 0 Å². The number of halogens is 3. The highest BCUT2D eigenvalue weighted by Gasteiger charge is 2.30. The first-order valence-electron chi connectivity index (χ1n) is 7.27. The third kappa shape index (κ3) is 4.97. The number of nitrogens with zero attached hydrogens (tertiary/aromatic N) is 1. The third-order valence-corrected chi connectivity index (χ3v) is 2.96. The Bertz CT molecular complexity index is 719. The molecule has 1 aromatic heterocycles. The molecule has 0 aliphatic rings. The van der Waals surface area contributed by atoms with Crippen molar-refractivity contribution < 1.29 is 18.0 Å². The lowest BCUT2D eigenvalue weighted by Crippen LogP contribution is -2.40. The van der Waals surface area contributed by atoms with Crippen molar-refractivity contribution in [3.8, 4) is 0 Å². The van der Waals surface area contributed by atoms with Crippen LogP contribution in [-0.4, -0.2) is 16.4 Å². The third-order valence-electron chi connectivity index (χ3n) is 2.96. The van der Waals surface area contributed by atoms with Gasteiger partial charge in [-0.05, 0) is 51.1 Å². The van der Waals surface area contributed by atoms with E-state index in [0.29, 0.717) is 11.4 Å². The van der Waals surface area contributed by atoms with Crippen LogP contribution in [0.4, 0.5) is 24.5 Å². The van der Waals surface area contributed by atoms with Crippen molar-refractivity contribution in [3.05, 3.63) is 53.9 Å². The number of alkyl halides is 3. The number of carbonyl (C=O) groups is 1. The zero-order valence-electron chi connectivity index (χ0n) is 13.5. The lowest BCUT2D eigenvalue weighted by Gasteiger charge is -2.20. The minimum absolute atomic E-state index is 0.236. The largest absolute Gasteiger partial charge is 0.416 e. The van der Waals surface area contributed by atoms with E-state index in [9.17, 15) is 18.0 Å². The van der Waals surface area contributed by atoms with E-state index >= 15 is 0 Å². The van der Waals surface area contributed by atoms with Gasteiger partial charge in [-0.2, -0.15) is 13.2 Å². The molecule has 7 heteroatoms. The summed E-state index contributed by atoms with van der Waals surface area (Å²) in [5.41, 5.74) is -0.102. The van der Waals surface area contributed by atoms with Crippen molar-refractivity contribution in [1.82, 2.24) is 10.3 Å². The first-order valence-corrected chi connectivity index (χ1v) is 7.27. The van der Waals surface area contributed by atoms with E-state index in [0.717, 1.165) is 12.1 Å². The van der Waals surface area contributed by atoms with Gasteiger partial charge < -0.3 is 10.6 Å². The van der Waals surface area contributed by atoms with Crippen molar-refractivity contribution >= 4 is 17.3 Å². The van der Waals surface area contributed by atoms with Gasteiger partial charge in [0.2, 0.25) is 0 Å². The monoisotopic (exact) mass is 337 g/mol. The van der Waals surface area contributed by atoms with E-state index in [1.54, 1.807) is 6.07 Å². The Balaban J connectivity index is 2.11. The molecule has 0 atom stereocenters. The maximum atomic E-state index is 12.7. The summed E-state index contributed by atoms with van der Waals surface area (Å²) in [7, 11) is 0. The van der Waals surface area contributed by atoms with Crippen LogP contribution in [0.1, 0.15) is 36.8 Å². The van der Waals surface area contributed by atoms with E-state index in [1.165, 1.54) is 24.4 Å². The Morgan fingerprint density at radius 3 is 2.29 bits per heavy atom. The Hall–Kier alpha value is -2.57. The maximum Gasteiger partial charge on any atom is 0.416 e. The second-order valence-electron chi connectivity index (χ2n) is 6.34. The topological polar surface area (TPSA) is 54.0 Å². The molecule has 1 amide bonds. The SMILES string of the molecule is CC(C)(C)NC(=O)c1ccc(Nc2cccc(C(F)(F)F)c2)cn1. The fourth-order valence-corrected chi connectivity index (χ4v) is 1.95. The van der Waals surface area contributed by atoms with Crippen molar-refractivity contribution in [2.75, 3.05) is 5.32 Å². The van der Waals surface area contributed by atoms with Crippen molar-refractivity contribution in [3.63, 3.8) is 0 Å². The van der Waals surface area contributed by atoms with Gasteiger partial charge in [0.15, 0.2) is 0 Å². The molecule has 0 bridgehead atoms. The molecule has 1 heterocycles. The van der Waals surface area contributed by atoms with Crippen LogP contribution < -0.4 is 10.6 Å². The molecule has 128 valence electrons. The van der Waals surface area contributed by atoms with Crippen LogP contribution in [0.3, 0.4) is 0 Å². The predicted octanol–water partition coefficient (Wildman–Crippen LogP) is 4.37. The van der Waals surface area contributed by atoms with Crippen LogP contribution in [-0.2, 0) is 6.18 Å². The second-order valence-corrected chi connectivity index (χ2v) is 6.34. The quantitative estimate of drug-likeness (QED) is 0.874. The van der Waals surface area contributed by atoms with Gasteiger partial charge in [0, 0.05) is 11.2 Å². The van der Waals surface area contributed by atoms with Gasteiger partial charge in [-0.25, -0.2) is 4.98 Å². The molecule has 0 radical (unpaired) electrons. The van der Waals surface area contributed by atoms with E-state index in [2.05, 4.69) is 15.6 Å². The van der Waals surface area contributed by atoms with Crippen LogP contribution in [0.5, 0.6) is 0 Å². The molecule has 0 spiro atoms. The number of nitrogens with one attached hydrogen (secondary N) is 2. The Labute approximate surface area is 138 Å². The number of rotatable bonds is 3. The molecular formula is C17H18F3N3O. The Morgan fingerprint density at radius 2 is 1.75 bits per heavy atom. The summed E-state index contributed by atoms with van der Waals surface area (Å²) in [4.78, 5) is 16.0. The van der Waals surface area contributed by atoms with E-state index in [4.69, 9.17) is 0 Å². The summed E-state index contributed by atoms with van der Waals surface area (Å²) >= 11 is 0. The van der Waals surface area contributed by atoms with E-state index < -0.39 is 11.7 Å². The zero-order valence-corrected chi connectivity index (χ0v) is 13.5. The van der Waals surface area contributed by atoms with Crippen LogP contribution in [0.2, 0.25) is 0 Å². The number of pyridine rings is 1. The van der Waals surface area contributed by atoms with Gasteiger partial charge in [0.1, 0.15) is 5.69 Å². The normalized spacial score (nSPS) is 11.9. The summed E-state index contributed by atoms with van der Waals surface area (Å²) in [6, 6.07) is 7.96. The van der Waals surface area contributed by atoms with Crippen LogP contribution in [0.15, 0.2) is 42.6 Å². The van der Waals surface area contributed by atoms with Gasteiger partial charge in [-0.1, -0.05) is 6.07 Å². The van der Waals surface area contributed by atoms with Crippen molar-refractivity contribution in [2.45, 2.75) is 32.5 Å². The number of carbonyl (C=O) groups excluding carboxylic acids is 1. The number of amides is 1. The number of hydrogen-bond acceptors (Lipinski definition) is 3. The van der Waals surface area contributed by atoms with Gasteiger partial charge in [-0.3, -0.25) is 4.79 Å². The molecule has 0 fully saturated rings. The summed E-state index contributed by atoms with van der Waals surface area (Å²) in [6.45, 7) is 5.57. The van der Waals surface area contributed by atoms with Crippen LogP contribution in [0.25, 0.3) is 0 Å². The fraction of sp³-hybridized carbons (Fsp3) is 0.294. The molecule has 1 aromatic carbocycles. The van der Waals surface area contributed by atoms with E-state index in [1.807, 2.05) is 20.8 Å². The predicted molar refractivity (Wildman–Crippen MR) is 86.2 cm³/mol. The van der Waals surface area contributed by atoms with E-state index in [-0.39, 0.29) is 17.1 Å². The first-order chi connectivity index (χ1) is 11.0. The Morgan fingerprint density at radius 1 is 1.04 bits per heavy atom. The lowest BCUT2D eigenvalue weighted by atomic mass is 10.1. The summed E-state index contributed by atoms with van der Waals surface area (Å²) < 4.78 is 38.1. The van der Waals surface area contributed by atoms with Gasteiger partial charge >= 0.3 is 6.18 Å². The fourth-order valence-electron chi connectivity index (χ4n) is 1.95. The molecule has 0 aliphatic carbocycles.